The molecule has 2 aliphatic rings. The number of hydrogen-bond donors (Lipinski definition) is 6. The maximum Gasteiger partial charge on any atom is 0.331 e. The van der Waals surface area contributed by atoms with Crippen molar-refractivity contribution in [3.05, 3.63) is 95.1 Å². The van der Waals surface area contributed by atoms with Crippen molar-refractivity contribution in [3.63, 3.8) is 0 Å². The van der Waals surface area contributed by atoms with E-state index in [9.17, 15) is 40.2 Å². The average Bonchev–Trinajstić information content (AvgIpc) is 3.02. The molecule has 1 aliphatic heterocycles. The summed E-state index contributed by atoms with van der Waals surface area (Å²) in [5.74, 6) is -1.83. The van der Waals surface area contributed by atoms with Gasteiger partial charge in [-0.05, 0) is 77.9 Å². The molecular formula is C35H36O12. The molecule has 1 heterocycles. The molecule has 1 fully saturated rings. The van der Waals surface area contributed by atoms with E-state index < -0.39 is 55.4 Å². The number of esters is 2. The number of aliphatic hydroxyl groups excluding tert-OH is 2. The number of carbonyl (C=O) groups is 2. The van der Waals surface area contributed by atoms with Crippen LogP contribution in [0.2, 0.25) is 0 Å². The summed E-state index contributed by atoms with van der Waals surface area (Å²) < 4.78 is 22.9. The summed E-state index contributed by atoms with van der Waals surface area (Å²) in [6.07, 6.45) is -2.18. The Morgan fingerprint density at radius 2 is 1.43 bits per heavy atom. The molecule has 248 valence electrons. The summed E-state index contributed by atoms with van der Waals surface area (Å²) >= 11 is 0. The second kappa shape index (κ2) is 14.7. The van der Waals surface area contributed by atoms with Crippen LogP contribution in [-0.2, 0) is 35.0 Å². The molecule has 3 aromatic carbocycles. The van der Waals surface area contributed by atoms with Gasteiger partial charge >= 0.3 is 11.9 Å². The Hall–Kier alpha value is -4.88. The van der Waals surface area contributed by atoms with Crippen LogP contribution < -0.4 is 0 Å². The fourth-order valence-electron chi connectivity index (χ4n) is 5.74. The molecule has 1 aliphatic carbocycles. The number of carbonyl (C=O) groups excluding carboxylic acids is 2. The summed E-state index contributed by atoms with van der Waals surface area (Å²) in [7, 11) is 0. The van der Waals surface area contributed by atoms with Gasteiger partial charge in [0.05, 0.1) is 6.10 Å². The Kier molecular flexibility index (Phi) is 10.5. The molecule has 12 heteroatoms. The Labute approximate surface area is 270 Å². The fraction of sp³-hybridized carbons (Fsp3) is 0.314. The summed E-state index contributed by atoms with van der Waals surface area (Å²) in [5, 5.41) is 61.4. The van der Waals surface area contributed by atoms with Crippen molar-refractivity contribution < 1.29 is 59.2 Å². The molecule has 7 atom stereocenters. The third kappa shape index (κ3) is 8.48. The number of aliphatic hydroxyl groups is 2. The SMILES string of the molecule is C[C@H]1C[C@H](O[C@@H]2O[C@H](COC(=O)/C=C/c3ccc(O)cc3)[C@@H](OC(=O)/C=C/c3ccc(O)cc3)[C@H](O)[C@H]2O)Cc2cc(O)cc(O)c21. The molecule has 12 nitrogen and oxygen atoms in total. The topological polar surface area (TPSA) is 192 Å². The molecule has 0 radical (unpaired) electrons. The van der Waals surface area contributed by atoms with E-state index in [1.165, 1.54) is 48.6 Å². The van der Waals surface area contributed by atoms with Gasteiger partial charge in [-0.3, -0.25) is 0 Å². The molecule has 1 saturated heterocycles. The monoisotopic (exact) mass is 648 g/mol. The lowest BCUT2D eigenvalue weighted by Crippen LogP contribution is -2.61. The van der Waals surface area contributed by atoms with E-state index in [0.717, 1.165) is 12.2 Å². The summed E-state index contributed by atoms with van der Waals surface area (Å²) in [6, 6.07) is 14.9. The molecule has 0 amide bonds. The van der Waals surface area contributed by atoms with E-state index in [2.05, 4.69) is 0 Å². The van der Waals surface area contributed by atoms with E-state index in [1.54, 1.807) is 24.3 Å². The molecule has 6 N–H and O–H groups in total. The lowest BCUT2D eigenvalue weighted by Gasteiger charge is -2.43. The largest absolute Gasteiger partial charge is 0.508 e. The summed E-state index contributed by atoms with van der Waals surface area (Å²) in [4.78, 5) is 25.3. The molecule has 5 rings (SSSR count). The first kappa shape index (κ1) is 33.5. The minimum atomic E-state index is -1.70. The standard InChI is InChI=1S/C35H36O12/c1-19-14-26(16-22-15-25(38)17-27(39)31(19)22)45-35-33(43)32(42)34(47-30(41)13-7-21-4-10-24(37)11-5-21)28(46-35)18-44-29(40)12-6-20-2-8-23(36)9-3-20/h2-13,15,17,19,26,28,32-39,42-43H,14,16,18H2,1H3/b12-6+,13-7+/t19-,26-,28+,32+,33+,34+,35+/m0/s1. The van der Waals surface area contributed by atoms with Crippen LogP contribution in [0, 0.1) is 0 Å². The van der Waals surface area contributed by atoms with Gasteiger partial charge in [-0.1, -0.05) is 31.2 Å². The van der Waals surface area contributed by atoms with Gasteiger partial charge < -0.3 is 49.6 Å². The zero-order valence-electron chi connectivity index (χ0n) is 25.4. The van der Waals surface area contributed by atoms with Crippen molar-refractivity contribution in [2.45, 2.75) is 62.5 Å². The molecule has 0 saturated carbocycles. The molecule has 0 unspecified atom stereocenters. The predicted molar refractivity (Wildman–Crippen MR) is 167 cm³/mol. The Morgan fingerprint density at radius 3 is 2.04 bits per heavy atom. The van der Waals surface area contributed by atoms with Crippen molar-refractivity contribution in [1.82, 2.24) is 0 Å². The Balaban J connectivity index is 1.30. The third-order valence-corrected chi connectivity index (χ3v) is 8.00. The molecular weight excluding hydrogens is 612 g/mol. The van der Waals surface area contributed by atoms with Crippen LogP contribution in [0.1, 0.15) is 41.5 Å². The molecule has 0 aromatic heterocycles. The number of hydrogen-bond acceptors (Lipinski definition) is 12. The van der Waals surface area contributed by atoms with Gasteiger partial charge in [-0.2, -0.15) is 0 Å². The second-order valence-electron chi connectivity index (χ2n) is 11.5. The number of fused-ring (bicyclic) bond motifs is 1. The van der Waals surface area contributed by atoms with Crippen molar-refractivity contribution in [2.75, 3.05) is 6.61 Å². The second-order valence-corrected chi connectivity index (χ2v) is 11.5. The van der Waals surface area contributed by atoms with E-state index in [4.69, 9.17) is 18.9 Å². The summed E-state index contributed by atoms with van der Waals surface area (Å²) in [5.41, 5.74) is 2.56. The Morgan fingerprint density at radius 1 is 0.830 bits per heavy atom. The predicted octanol–water partition coefficient (Wildman–Crippen LogP) is 3.27. The smallest absolute Gasteiger partial charge is 0.331 e. The first-order valence-electron chi connectivity index (χ1n) is 15.0. The Bertz CT molecular complexity index is 1610. The summed E-state index contributed by atoms with van der Waals surface area (Å²) in [6.45, 7) is 1.40. The van der Waals surface area contributed by atoms with Gasteiger partial charge in [-0.25, -0.2) is 9.59 Å². The highest BCUT2D eigenvalue weighted by molar-refractivity contribution is 5.87. The van der Waals surface area contributed by atoms with Gasteiger partial charge in [0, 0.05) is 23.8 Å². The van der Waals surface area contributed by atoms with Crippen LogP contribution in [0.25, 0.3) is 12.2 Å². The van der Waals surface area contributed by atoms with Crippen LogP contribution >= 0.6 is 0 Å². The highest BCUT2D eigenvalue weighted by atomic mass is 16.7. The number of phenols is 4. The fourth-order valence-corrected chi connectivity index (χ4v) is 5.74. The molecule has 0 spiro atoms. The molecule has 0 bridgehead atoms. The normalized spacial score (nSPS) is 25.8. The maximum atomic E-state index is 12.8. The average molecular weight is 649 g/mol. The minimum Gasteiger partial charge on any atom is -0.508 e. The van der Waals surface area contributed by atoms with Gasteiger partial charge in [0.2, 0.25) is 0 Å². The van der Waals surface area contributed by atoms with Crippen molar-refractivity contribution in [2.24, 2.45) is 0 Å². The quantitative estimate of drug-likeness (QED) is 0.147. The zero-order valence-corrected chi connectivity index (χ0v) is 25.4. The van der Waals surface area contributed by atoms with Crippen LogP contribution in [-0.4, -0.2) is 86.0 Å². The van der Waals surface area contributed by atoms with Crippen LogP contribution in [0.3, 0.4) is 0 Å². The number of phenolic OH excluding ortho intramolecular Hbond substituents is 4. The maximum absolute atomic E-state index is 12.8. The van der Waals surface area contributed by atoms with Crippen LogP contribution in [0.4, 0.5) is 0 Å². The number of benzene rings is 3. The molecule has 3 aromatic rings. The van der Waals surface area contributed by atoms with Gasteiger partial charge in [0.1, 0.15) is 47.9 Å². The first-order valence-corrected chi connectivity index (χ1v) is 15.0. The van der Waals surface area contributed by atoms with Crippen molar-refractivity contribution in [1.29, 1.82) is 0 Å². The van der Waals surface area contributed by atoms with E-state index in [1.807, 2.05) is 6.92 Å². The van der Waals surface area contributed by atoms with Gasteiger partial charge in [0.25, 0.3) is 0 Å². The minimum absolute atomic E-state index is 0.0271. The van der Waals surface area contributed by atoms with Crippen LogP contribution in [0.5, 0.6) is 23.0 Å². The lowest BCUT2D eigenvalue weighted by atomic mass is 9.81. The highest BCUT2D eigenvalue weighted by Crippen LogP contribution is 2.41. The van der Waals surface area contributed by atoms with E-state index >= 15 is 0 Å². The van der Waals surface area contributed by atoms with Gasteiger partial charge in [-0.15, -0.1) is 0 Å². The number of rotatable bonds is 9. The number of ether oxygens (including phenoxy) is 4. The van der Waals surface area contributed by atoms with Crippen LogP contribution in [0.15, 0.2) is 72.8 Å². The van der Waals surface area contributed by atoms with E-state index in [-0.39, 0.29) is 35.3 Å². The van der Waals surface area contributed by atoms with Crippen molar-refractivity contribution >= 4 is 24.1 Å². The highest BCUT2D eigenvalue weighted by Gasteiger charge is 2.48. The lowest BCUT2D eigenvalue weighted by molar-refractivity contribution is -0.313. The van der Waals surface area contributed by atoms with Crippen molar-refractivity contribution in [3.8, 4) is 23.0 Å². The molecule has 47 heavy (non-hydrogen) atoms. The number of aromatic hydroxyl groups is 4. The van der Waals surface area contributed by atoms with Gasteiger partial charge in [0.15, 0.2) is 12.4 Å². The first-order chi connectivity index (χ1) is 22.5. The third-order valence-electron chi connectivity index (χ3n) is 8.00. The van der Waals surface area contributed by atoms with E-state index in [0.29, 0.717) is 28.7 Å². The zero-order chi connectivity index (χ0) is 33.7.